The van der Waals surface area contributed by atoms with E-state index in [4.69, 9.17) is 4.74 Å². The van der Waals surface area contributed by atoms with Crippen LogP contribution in [0.2, 0.25) is 0 Å². The summed E-state index contributed by atoms with van der Waals surface area (Å²) in [5.41, 5.74) is 0. The Bertz CT molecular complexity index is 273. The third-order valence-electron chi connectivity index (χ3n) is 3.00. The number of rotatable bonds is 7. The Kier molecular flexibility index (Phi) is 6.03. The normalized spacial score (nSPS) is 17.0. The molecular formula is C13H23NOS. The molecule has 0 radical (unpaired) electrons. The summed E-state index contributed by atoms with van der Waals surface area (Å²) in [5.74, 6) is 0. The van der Waals surface area contributed by atoms with Gasteiger partial charge in [-0.25, -0.2) is 0 Å². The van der Waals surface area contributed by atoms with Crippen molar-refractivity contribution in [3.63, 3.8) is 0 Å². The Morgan fingerprint density at radius 3 is 2.69 bits per heavy atom. The van der Waals surface area contributed by atoms with E-state index in [1.54, 1.807) is 7.11 Å². The lowest BCUT2D eigenvalue weighted by Crippen LogP contribution is -2.38. The van der Waals surface area contributed by atoms with Gasteiger partial charge in [-0.15, -0.1) is 11.3 Å². The molecule has 3 heteroatoms. The average molecular weight is 241 g/mol. The Balaban J connectivity index is 2.58. The minimum absolute atomic E-state index is 0.249. The summed E-state index contributed by atoms with van der Waals surface area (Å²) in [7, 11) is 1.77. The summed E-state index contributed by atoms with van der Waals surface area (Å²) in [5, 5.41) is 5.80. The van der Waals surface area contributed by atoms with Crippen LogP contribution in [0.1, 0.15) is 44.5 Å². The van der Waals surface area contributed by atoms with Crippen LogP contribution in [-0.4, -0.2) is 19.3 Å². The van der Waals surface area contributed by atoms with Gasteiger partial charge in [-0.2, -0.15) is 0 Å². The highest BCUT2D eigenvalue weighted by Gasteiger charge is 2.18. The monoisotopic (exact) mass is 241 g/mol. The molecule has 16 heavy (non-hydrogen) atoms. The van der Waals surface area contributed by atoms with Crippen molar-refractivity contribution in [1.29, 1.82) is 0 Å². The minimum atomic E-state index is 0.249. The molecular weight excluding hydrogens is 218 g/mol. The Labute approximate surface area is 103 Å². The molecule has 0 amide bonds. The molecule has 0 fully saturated rings. The zero-order chi connectivity index (χ0) is 12.0. The van der Waals surface area contributed by atoms with E-state index in [0.29, 0.717) is 12.1 Å². The summed E-state index contributed by atoms with van der Waals surface area (Å²) < 4.78 is 5.35. The zero-order valence-electron chi connectivity index (χ0n) is 10.7. The molecule has 0 aromatic carbocycles. The lowest BCUT2D eigenvalue weighted by molar-refractivity contribution is 0.0840. The molecule has 3 unspecified atom stereocenters. The van der Waals surface area contributed by atoms with Crippen molar-refractivity contribution in [2.75, 3.05) is 7.11 Å². The van der Waals surface area contributed by atoms with Gasteiger partial charge >= 0.3 is 0 Å². The van der Waals surface area contributed by atoms with E-state index in [0.717, 1.165) is 0 Å². The maximum atomic E-state index is 5.35. The third-order valence-corrected chi connectivity index (χ3v) is 3.99. The van der Waals surface area contributed by atoms with E-state index in [2.05, 4.69) is 43.6 Å². The highest BCUT2D eigenvalue weighted by molar-refractivity contribution is 7.10. The molecule has 1 aromatic heterocycles. The molecule has 0 aliphatic carbocycles. The van der Waals surface area contributed by atoms with Gasteiger partial charge in [0, 0.05) is 24.1 Å². The van der Waals surface area contributed by atoms with E-state index in [9.17, 15) is 0 Å². The fraction of sp³-hybridized carbons (Fsp3) is 0.692. The van der Waals surface area contributed by atoms with Crippen LogP contribution in [0.15, 0.2) is 17.5 Å². The fourth-order valence-electron chi connectivity index (χ4n) is 1.74. The third kappa shape index (κ3) is 3.89. The van der Waals surface area contributed by atoms with Gasteiger partial charge in [0.05, 0.1) is 6.10 Å². The first-order chi connectivity index (χ1) is 7.69. The van der Waals surface area contributed by atoms with Gasteiger partial charge in [0.25, 0.3) is 0 Å². The minimum Gasteiger partial charge on any atom is -0.380 e. The maximum Gasteiger partial charge on any atom is 0.0693 e. The van der Waals surface area contributed by atoms with Gasteiger partial charge < -0.3 is 10.1 Å². The van der Waals surface area contributed by atoms with Crippen molar-refractivity contribution in [3.05, 3.63) is 22.4 Å². The van der Waals surface area contributed by atoms with Gasteiger partial charge in [-0.3, -0.25) is 0 Å². The van der Waals surface area contributed by atoms with Gasteiger partial charge in [-0.1, -0.05) is 19.4 Å². The van der Waals surface area contributed by atoms with Gasteiger partial charge in [0.15, 0.2) is 0 Å². The summed E-state index contributed by atoms with van der Waals surface area (Å²) in [4.78, 5) is 1.43. The van der Waals surface area contributed by atoms with Crippen LogP contribution in [0.5, 0.6) is 0 Å². The van der Waals surface area contributed by atoms with Crippen LogP contribution in [0.4, 0.5) is 0 Å². The van der Waals surface area contributed by atoms with Crippen LogP contribution in [0.3, 0.4) is 0 Å². The number of methoxy groups -OCH3 is 1. The van der Waals surface area contributed by atoms with Crippen molar-refractivity contribution in [1.82, 2.24) is 5.32 Å². The molecule has 0 aliphatic heterocycles. The molecule has 0 saturated heterocycles. The lowest BCUT2D eigenvalue weighted by Gasteiger charge is -2.26. The van der Waals surface area contributed by atoms with Crippen molar-refractivity contribution in [2.24, 2.45) is 0 Å². The molecule has 0 bridgehead atoms. The largest absolute Gasteiger partial charge is 0.380 e. The summed E-state index contributed by atoms with van der Waals surface area (Å²) in [6.07, 6.45) is 2.63. The first-order valence-corrected chi connectivity index (χ1v) is 6.89. The van der Waals surface area contributed by atoms with E-state index in [1.807, 2.05) is 11.3 Å². The molecule has 1 rings (SSSR count). The predicted molar refractivity (Wildman–Crippen MR) is 71.0 cm³/mol. The van der Waals surface area contributed by atoms with Crippen LogP contribution in [-0.2, 0) is 4.74 Å². The van der Waals surface area contributed by atoms with Gasteiger partial charge in [0.1, 0.15) is 0 Å². The molecule has 1 N–H and O–H groups in total. The Morgan fingerprint density at radius 2 is 2.19 bits per heavy atom. The standard InChI is InChI=1S/C13H23NOS/c1-5-7-12(13-8-6-9-16-13)14-10(2)11(3)15-4/h6,8-12,14H,5,7H2,1-4H3. The first-order valence-electron chi connectivity index (χ1n) is 6.01. The Hall–Kier alpha value is -0.380. The van der Waals surface area contributed by atoms with Crippen molar-refractivity contribution in [2.45, 2.75) is 51.8 Å². The average Bonchev–Trinajstić information content (AvgIpc) is 2.80. The summed E-state index contributed by atoms with van der Waals surface area (Å²) >= 11 is 1.83. The van der Waals surface area contributed by atoms with Crippen molar-refractivity contribution in [3.8, 4) is 0 Å². The van der Waals surface area contributed by atoms with E-state index < -0.39 is 0 Å². The topological polar surface area (TPSA) is 21.3 Å². The van der Waals surface area contributed by atoms with Gasteiger partial charge in [0.2, 0.25) is 0 Å². The number of hydrogen-bond acceptors (Lipinski definition) is 3. The van der Waals surface area contributed by atoms with Crippen molar-refractivity contribution >= 4 is 11.3 Å². The molecule has 92 valence electrons. The molecule has 0 aliphatic rings. The van der Waals surface area contributed by atoms with E-state index in [-0.39, 0.29) is 6.10 Å². The Morgan fingerprint density at radius 1 is 1.44 bits per heavy atom. The van der Waals surface area contributed by atoms with Crippen molar-refractivity contribution < 1.29 is 4.74 Å². The molecule has 2 nitrogen and oxygen atoms in total. The second kappa shape index (κ2) is 7.05. The second-order valence-electron chi connectivity index (χ2n) is 4.25. The van der Waals surface area contributed by atoms with Crippen LogP contribution >= 0.6 is 11.3 Å². The lowest BCUT2D eigenvalue weighted by atomic mass is 10.1. The number of nitrogens with one attached hydrogen (secondary N) is 1. The highest BCUT2D eigenvalue weighted by atomic mass is 32.1. The quantitative estimate of drug-likeness (QED) is 0.787. The number of ether oxygens (including phenoxy) is 1. The summed E-state index contributed by atoms with van der Waals surface area (Å²) in [6, 6.07) is 5.18. The smallest absolute Gasteiger partial charge is 0.0693 e. The number of thiophene rings is 1. The molecule has 1 aromatic rings. The van der Waals surface area contributed by atoms with E-state index in [1.165, 1.54) is 17.7 Å². The van der Waals surface area contributed by atoms with E-state index >= 15 is 0 Å². The molecule has 3 atom stereocenters. The maximum absolute atomic E-state index is 5.35. The number of hydrogen-bond donors (Lipinski definition) is 1. The predicted octanol–water partition coefficient (Wildman–Crippen LogP) is 3.60. The van der Waals surface area contributed by atoms with Crippen LogP contribution in [0.25, 0.3) is 0 Å². The van der Waals surface area contributed by atoms with Gasteiger partial charge in [-0.05, 0) is 31.7 Å². The molecule has 0 saturated carbocycles. The SMILES string of the molecule is CCCC(NC(C)C(C)OC)c1cccs1. The van der Waals surface area contributed by atoms with Crippen LogP contribution < -0.4 is 5.32 Å². The fourth-order valence-corrected chi connectivity index (χ4v) is 2.56. The molecule has 0 spiro atoms. The zero-order valence-corrected chi connectivity index (χ0v) is 11.5. The summed E-state index contributed by atoms with van der Waals surface area (Å²) in [6.45, 7) is 6.52. The van der Waals surface area contributed by atoms with Crippen LogP contribution in [0, 0.1) is 0 Å². The second-order valence-corrected chi connectivity index (χ2v) is 5.23. The first kappa shape index (κ1) is 13.7. The highest BCUT2D eigenvalue weighted by Crippen LogP contribution is 2.24. The molecule has 1 heterocycles.